The standard InChI is InChI=1S/C3H6O3.K/c1-2(4)3(5)6;/h2,4H,1H3,(H,5,6);/q;+1/p-1/t2-;/m0./s1. The topological polar surface area (TPSA) is 60.4 Å². The van der Waals surface area contributed by atoms with Crippen molar-refractivity contribution in [1.82, 2.24) is 0 Å². The van der Waals surface area contributed by atoms with Gasteiger partial charge in [0.2, 0.25) is 0 Å². The maximum atomic E-state index is 9.34. The molecular formula is C3H5KO3. The molecule has 0 aromatic carbocycles. The fourth-order valence-corrected chi connectivity index (χ4v) is 0. The molecule has 0 aliphatic carbocycles. The minimum absolute atomic E-state index is 0. The van der Waals surface area contributed by atoms with Gasteiger partial charge < -0.3 is 15.0 Å². The summed E-state index contributed by atoms with van der Waals surface area (Å²) in [5.74, 6) is -1.44. The molecule has 0 unspecified atom stereocenters. The Hall–Kier alpha value is 1.07. The molecule has 0 saturated heterocycles. The predicted molar refractivity (Wildman–Crippen MR) is 16.7 cm³/mol. The summed E-state index contributed by atoms with van der Waals surface area (Å²) >= 11 is 0. The molecule has 0 bridgehead atoms. The number of aliphatic carboxylic acids is 1. The number of carboxylic acids is 1. The number of carbonyl (C=O) groups excluding carboxylic acids is 1. The maximum absolute atomic E-state index is 9.34. The van der Waals surface area contributed by atoms with Gasteiger partial charge in [0.1, 0.15) is 0 Å². The van der Waals surface area contributed by atoms with E-state index in [1.807, 2.05) is 0 Å². The molecule has 3 nitrogen and oxygen atoms in total. The van der Waals surface area contributed by atoms with Gasteiger partial charge in [-0.05, 0) is 6.92 Å². The molecule has 0 fully saturated rings. The minimum Gasteiger partial charge on any atom is -0.547 e. The molecule has 0 aliphatic heterocycles. The fraction of sp³-hybridized carbons (Fsp3) is 0.667. The van der Waals surface area contributed by atoms with Gasteiger partial charge in [-0.25, -0.2) is 0 Å². The second-order valence-electron chi connectivity index (χ2n) is 0.995. The van der Waals surface area contributed by atoms with Crippen LogP contribution in [0.3, 0.4) is 0 Å². The first-order valence-corrected chi connectivity index (χ1v) is 1.53. The summed E-state index contributed by atoms with van der Waals surface area (Å²) in [5.41, 5.74) is 0. The number of carboxylic acid groups (broad SMARTS) is 1. The van der Waals surface area contributed by atoms with Gasteiger partial charge in [-0.3, -0.25) is 0 Å². The van der Waals surface area contributed by atoms with Crippen LogP contribution in [0.25, 0.3) is 0 Å². The molecule has 0 saturated carbocycles. The van der Waals surface area contributed by atoms with Crippen LogP contribution < -0.4 is 56.5 Å². The molecule has 0 spiro atoms. The minimum atomic E-state index is -1.44. The van der Waals surface area contributed by atoms with Crippen LogP contribution in [0.4, 0.5) is 0 Å². The van der Waals surface area contributed by atoms with Gasteiger partial charge in [-0.15, -0.1) is 0 Å². The first kappa shape index (κ1) is 10.9. The Bertz CT molecular complexity index is 61.2. The average molecular weight is 128 g/mol. The zero-order valence-electron chi connectivity index (χ0n) is 4.34. The monoisotopic (exact) mass is 128 g/mol. The third kappa shape index (κ3) is 7.07. The number of carbonyl (C=O) groups is 1. The van der Waals surface area contributed by atoms with Crippen LogP contribution in [0.2, 0.25) is 0 Å². The first-order valence-electron chi connectivity index (χ1n) is 1.53. The smallest absolute Gasteiger partial charge is 0.547 e. The Morgan fingerprint density at radius 2 is 2.00 bits per heavy atom. The zero-order chi connectivity index (χ0) is 5.15. The van der Waals surface area contributed by atoms with Crippen molar-refractivity contribution in [3.05, 3.63) is 0 Å². The Labute approximate surface area is 84.1 Å². The van der Waals surface area contributed by atoms with Gasteiger partial charge >= 0.3 is 51.4 Å². The van der Waals surface area contributed by atoms with E-state index < -0.39 is 12.1 Å². The molecule has 0 aromatic rings. The van der Waals surface area contributed by atoms with Crippen LogP contribution in [-0.4, -0.2) is 17.2 Å². The van der Waals surface area contributed by atoms with E-state index in [2.05, 4.69) is 0 Å². The number of hydrogen-bond donors (Lipinski definition) is 1. The van der Waals surface area contributed by atoms with Gasteiger partial charge in [0.05, 0.1) is 12.1 Å². The van der Waals surface area contributed by atoms with Gasteiger partial charge in [0, 0.05) is 0 Å². The van der Waals surface area contributed by atoms with Crippen molar-refractivity contribution in [1.29, 1.82) is 0 Å². The molecule has 0 aliphatic rings. The molecule has 1 atom stereocenters. The van der Waals surface area contributed by atoms with Crippen molar-refractivity contribution >= 4 is 5.97 Å². The van der Waals surface area contributed by atoms with Gasteiger partial charge in [0.25, 0.3) is 0 Å². The van der Waals surface area contributed by atoms with Crippen LogP contribution in [0, 0.1) is 0 Å². The van der Waals surface area contributed by atoms with Crippen molar-refractivity contribution in [2.45, 2.75) is 13.0 Å². The summed E-state index contributed by atoms with van der Waals surface area (Å²) in [6.45, 7) is 1.13. The zero-order valence-corrected chi connectivity index (χ0v) is 7.46. The molecule has 0 aromatic heterocycles. The Morgan fingerprint density at radius 1 is 1.86 bits per heavy atom. The van der Waals surface area contributed by atoms with Crippen molar-refractivity contribution in [2.75, 3.05) is 0 Å². The number of aliphatic hydroxyl groups is 1. The van der Waals surface area contributed by atoms with Crippen molar-refractivity contribution < 1.29 is 66.4 Å². The summed E-state index contributed by atoms with van der Waals surface area (Å²) in [5, 5.41) is 17.3. The number of aliphatic hydroxyl groups excluding tert-OH is 1. The second kappa shape index (κ2) is 5.21. The van der Waals surface area contributed by atoms with E-state index in [0.717, 1.165) is 6.92 Å². The van der Waals surface area contributed by atoms with E-state index in [0.29, 0.717) is 0 Å². The summed E-state index contributed by atoms with van der Waals surface area (Å²) in [6, 6.07) is 0. The van der Waals surface area contributed by atoms with Crippen LogP contribution >= 0.6 is 0 Å². The van der Waals surface area contributed by atoms with Gasteiger partial charge in [-0.2, -0.15) is 0 Å². The Morgan fingerprint density at radius 3 is 2.00 bits per heavy atom. The van der Waals surface area contributed by atoms with E-state index in [1.165, 1.54) is 0 Å². The number of rotatable bonds is 1. The van der Waals surface area contributed by atoms with E-state index in [9.17, 15) is 9.90 Å². The fourth-order valence-electron chi connectivity index (χ4n) is 0. The normalized spacial score (nSPS) is 11.7. The van der Waals surface area contributed by atoms with E-state index in [-0.39, 0.29) is 51.4 Å². The van der Waals surface area contributed by atoms with Gasteiger partial charge in [0.15, 0.2) is 0 Å². The van der Waals surface area contributed by atoms with Crippen molar-refractivity contribution in [3.8, 4) is 0 Å². The van der Waals surface area contributed by atoms with Gasteiger partial charge in [-0.1, -0.05) is 0 Å². The second-order valence-corrected chi connectivity index (χ2v) is 0.995. The van der Waals surface area contributed by atoms with Crippen molar-refractivity contribution in [2.24, 2.45) is 0 Å². The molecule has 36 valence electrons. The summed E-state index contributed by atoms with van der Waals surface area (Å²) in [4.78, 5) is 9.34. The molecule has 7 heavy (non-hydrogen) atoms. The molecule has 0 heterocycles. The molecule has 4 heteroatoms. The third-order valence-corrected chi connectivity index (χ3v) is 0.341. The summed E-state index contributed by atoms with van der Waals surface area (Å²) in [6.07, 6.45) is -1.34. The Balaban J connectivity index is 0. The molecule has 0 radical (unpaired) electrons. The first-order chi connectivity index (χ1) is 2.64. The third-order valence-electron chi connectivity index (χ3n) is 0.341. The molecular weight excluding hydrogens is 123 g/mol. The van der Waals surface area contributed by atoms with E-state index in [4.69, 9.17) is 5.11 Å². The van der Waals surface area contributed by atoms with E-state index >= 15 is 0 Å². The quantitative estimate of drug-likeness (QED) is 0.360. The summed E-state index contributed by atoms with van der Waals surface area (Å²) < 4.78 is 0. The summed E-state index contributed by atoms with van der Waals surface area (Å²) in [7, 11) is 0. The van der Waals surface area contributed by atoms with Crippen molar-refractivity contribution in [3.63, 3.8) is 0 Å². The average Bonchev–Trinajstić information content (AvgIpc) is 1.36. The largest absolute Gasteiger partial charge is 1.00 e. The molecule has 0 rings (SSSR count). The maximum Gasteiger partial charge on any atom is 1.00 e. The van der Waals surface area contributed by atoms with E-state index in [1.54, 1.807) is 0 Å². The van der Waals surface area contributed by atoms with Crippen LogP contribution in [0.5, 0.6) is 0 Å². The van der Waals surface area contributed by atoms with Crippen LogP contribution in [-0.2, 0) is 4.79 Å². The molecule has 1 N–H and O–H groups in total. The Kier molecular flexibility index (Phi) is 8.14. The van der Waals surface area contributed by atoms with Crippen LogP contribution in [0.15, 0.2) is 0 Å². The predicted octanol–water partition coefficient (Wildman–Crippen LogP) is -4.88. The molecule has 0 amide bonds. The SMILES string of the molecule is C[C@H](O)C(=O)[O-].[K+]. The number of hydrogen-bond acceptors (Lipinski definition) is 3. The van der Waals surface area contributed by atoms with Crippen LogP contribution in [0.1, 0.15) is 6.92 Å².